The highest BCUT2D eigenvalue weighted by Crippen LogP contribution is 2.18. The fourth-order valence-electron chi connectivity index (χ4n) is 2.29. The van der Waals surface area contributed by atoms with Gasteiger partial charge in [0.1, 0.15) is 0 Å². The summed E-state index contributed by atoms with van der Waals surface area (Å²) in [5, 5.41) is 16.9. The minimum Gasteiger partial charge on any atom is -0.396 e. The summed E-state index contributed by atoms with van der Waals surface area (Å²) in [4.78, 5) is 0. The van der Waals surface area contributed by atoms with Gasteiger partial charge in [-0.1, -0.05) is 44.2 Å². The molecule has 0 saturated carbocycles. The number of aliphatic hydroxyl groups excluding tert-OH is 1. The van der Waals surface area contributed by atoms with Gasteiger partial charge in [-0.15, -0.1) is 0 Å². The normalized spacial score (nSPS) is 11.8. The lowest BCUT2D eigenvalue weighted by atomic mass is 9.90. The van der Waals surface area contributed by atoms with Crippen LogP contribution in [0.25, 0.3) is 0 Å². The summed E-state index contributed by atoms with van der Waals surface area (Å²) in [6.45, 7) is 7.06. The summed E-state index contributed by atoms with van der Waals surface area (Å²) in [6, 6.07) is 10.3. The number of aromatic nitrogens is 2. The summed E-state index contributed by atoms with van der Waals surface area (Å²) in [5.74, 6) is 0. The third-order valence-corrected chi connectivity index (χ3v) is 3.60. The van der Waals surface area contributed by atoms with Gasteiger partial charge in [0.25, 0.3) is 0 Å². The van der Waals surface area contributed by atoms with Gasteiger partial charge in [0.2, 0.25) is 0 Å². The van der Waals surface area contributed by atoms with Crippen molar-refractivity contribution in [2.24, 2.45) is 5.41 Å². The van der Waals surface area contributed by atoms with Gasteiger partial charge >= 0.3 is 0 Å². The Hall–Kier alpha value is -1.65. The number of nitrogens with zero attached hydrogens (tertiary/aromatic N) is 2. The van der Waals surface area contributed by atoms with Crippen LogP contribution in [0.4, 0.5) is 0 Å². The molecule has 1 aromatic heterocycles. The summed E-state index contributed by atoms with van der Waals surface area (Å²) >= 11 is 0. The van der Waals surface area contributed by atoms with Crippen LogP contribution >= 0.6 is 0 Å². The van der Waals surface area contributed by atoms with Crippen LogP contribution in [0.1, 0.15) is 31.4 Å². The van der Waals surface area contributed by atoms with Gasteiger partial charge in [0, 0.05) is 31.5 Å². The highest BCUT2D eigenvalue weighted by molar-refractivity contribution is 5.15. The standard InChI is InChI=1S/C17H25N3O/c1-17(2,8-9-21)14-18-10-16-11-19-20(13-16)12-15-6-4-3-5-7-15/h3-7,11,13,18,21H,8-10,12,14H2,1-2H3. The molecule has 0 spiro atoms. The molecule has 114 valence electrons. The Bertz CT molecular complexity index is 534. The zero-order chi connectivity index (χ0) is 15.1. The molecule has 0 aliphatic rings. The first-order valence-electron chi connectivity index (χ1n) is 7.46. The predicted molar refractivity (Wildman–Crippen MR) is 85.0 cm³/mol. The van der Waals surface area contributed by atoms with Gasteiger partial charge in [0.05, 0.1) is 12.7 Å². The molecular formula is C17H25N3O. The van der Waals surface area contributed by atoms with E-state index in [9.17, 15) is 0 Å². The summed E-state index contributed by atoms with van der Waals surface area (Å²) in [6.07, 6.45) is 4.81. The lowest BCUT2D eigenvalue weighted by Crippen LogP contribution is -2.29. The molecule has 2 N–H and O–H groups in total. The maximum absolute atomic E-state index is 9.02. The van der Waals surface area contributed by atoms with E-state index in [1.165, 1.54) is 11.1 Å². The summed E-state index contributed by atoms with van der Waals surface area (Å²) < 4.78 is 1.96. The molecule has 2 rings (SSSR count). The third-order valence-electron chi connectivity index (χ3n) is 3.60. The summed E-state index contributed by atoms with van der Waals surface area (Å²) in [5.41, 5.74) is 2.56. The van der Waals surface area contributed by atoms with Gasteiger partial charge in [-0.05, 0) is 17.4 Å². The van der Waals surface area contributed by atoms with Crippen LogP contribution in [-0.4, -0.2) is 28.0 Å². The second kappa shape index (κ2) is 7.38. The molecule has 2 aromatic rings. The average Bonchev–Trinajstić information content (AvgIpc) is 2.87. The number of benzene rings is 1. The first-order valence-corrected chi connectivity index (χ1v) is 7.46. The third kappa shape index (κ3) is 5.33. The predicted octanol–water partition coefficient (Wildman–Crippen LogP) is 2.43. The Balaban J connectivity index is 1.81. The van der Waals surface area contributed by atoms with Crippen LogP contribution in [0.2, 0.25) is 0 Å². The van der Waals surface area contributed by atoms with Gasteiger partial charge in [0.15, 0.2) is 0 Å². The Morgan fingerprint density at radius 3 is 2.67 bits per heavy atom. The highest BCUT2D eigenvalue weighted by atomic mass is 16.3. The molecule has 0 atom stereocenters. The number of hydrogen-bond donors (Lipinski definition) is 2. The number of nitrogens with one attached hydrogen (secondary N) is 1. The number of rotatable bonds is 8. The first-order chi connectivity index (χ1) is 10.1. The monoisotopic (exact) mass is 287 g/mol. The van der Waals surface area contributed by atoms with E-state index in [0.29, 0.717) is 0 Å². The maximum Gasteiger partial charge on any atom is 0.0659 e. The molecule has 0 saturated heterocycles. The van der Waals surface area contributed by atoms with Crippen molar-refractivity contribution in [1.29, 1.82) is 0 Å². The van der Waals surface area contributed by atoms with Crippen LogP contribution in [0.3, 0.4) is 0 Å². The molecule has 0 bridgehead atoms. The van der Waals surface area contributed by atoms with Crippen molar-refractivity contribution < 1.29 is 5.11 Å². The van der Waals surface area contributed by atoms with Crippen LogP contribution < -0.4 is 5.32 Å². The molecule has 0 aliphatic heterocycles. The van der Waals surface area contributed by atoms with E-state index in [0.717, 1.165) is 26.1 Å². The molecular weight excluding hydrogens is 262 g/mol. The minimum absolute atomic E-state index is 0.120. The molecule has 4 nitrogen and oxygen atoms in total. The van der Waals surface area contributed by atoms with E-state index in [4.69, 9.17) is 5.11 Å². The highest BCUT2D eigenvalue weighted by Gasteiger charge is 2.16. The molecule has 0 unspecified atom stereocenters. The summed E-state index contributed by atoms with van der Waals surface area (Å²) in [7, 11) is 0. The molecule has 0 aliphatic carbocycles. The van der Waals surface area contributed by atoms with Crippen molar-refractivity contribution in [1.82, 2.24) is 15.1 Å². The number of hydrogen-bond acceptors (Lipinski definition) is 3. The SMILES string of the molecule is CC(C)(CCO)CNCc1cnn(Cc2ccccc2)c1. The minimum atomic E-state index is 0.120. The van der Waals surface area contributed by atoms with Gasteiger partial charge in [-0.2, -0.15) is 5.10 Å². The maximum atomic E-state index is 9.02. The molecule has 21 heavy (non-hydrogen) atoms. The second-order valence-corrected chi connectivity index (χ2v) is 6.27. The Kier molecular flexibility index (Phi) is 5.53. The van der Waals surface area contributed by atoms with Crippen LogP contribution in [0, 0.1) is 5.41 Å². The quantitative estimate of drug-likeness (QED) is 0.784. The van der Waals surface area contributed by atoms with Gasteiger partial charge in [-0.25, -0.2) is 0 Å². The average molecular weight is 287 g/mol. The van der Waals surface area contributed by atoms with Crippen molar-refractivity contribution >= 4 is 0 Å². The van der Waals surface area contributed by atoms with Crippen molar-refractivity contribution in [3.05, 3.63) is 53.9 Å². The van der Waals surface area contributed by atoms with E-state index in [-0.39, 0.29) is 12.0 Å². The van der Waals surface area contributed by atoms with E-state index < -0.39 is 0 Å². The topological polar surface area (TPSA) is 50.1 Å². The fraction of sp³-hybridized carbons (Fsp3) is 0.471. The molecule has 0 fully saturated rings. The van der Waals surface area contributed by atoms with Crippen molar-refractivity contribution in [2.45, 2.75) is 33.4 Å². The Morgan fingerprint density at radius 1 is 1.19 bits per heavy atom. The Morgan fingerprint density at radius 2 is 1.95 bits per heavy atom. The smallest absolute Gasteiger partial charge is 0.0659 e. The van der Waals surface area contributed by atoms with Crippen molar-refractivity contribution in [2.75, 3.05) is 13.2 Å². The molecule has 0 amide bonds. The molecule has 1 aromatic carbocycles. The van der Waals surface area contributed by atoms with E-state index in [1.54, 1.807) is 0 Å². The second-order valence-electron chi connectivity index (χ2n) is 6.27. The van der Waals surface area contributed by atoms with Crippen molar-refractivity contribution in [3.63, 3.8) is 0 Å². The van der Waals surface area contributed by atoms with E-state index in [2.05, 4.69) is 42.6 Å². The Labute approximate surface area is 126 Å². The first kappa shape index (κ1) is 15.7. The van der Waals surface area contributed by atoms with Crippen LogP contribution in [0.5, 0.6) is 0 Å². The largest absolute Gasteiger partial charge is 0.396 e. The van der Waals surface area contributed by atoms with Crippen molar-refractivity contribution in [3.8, 4) is 0 Å². The van der Waals surface area contributed by atoms with Crippen LogP contribution in [0.15, 0.2) is 42.7 Å². The zero-order valence-electron chi connectivity index (χ0n) is 12.9. The van der Waals surface area contributed by atoms with Crippen LogP contribution in [-0.2, 0) is 13.1 Å². The van der Waals surface area contributed by atoms with Gasteiger partial charge < -0.3 is 10.4 Å². The fourth-order valence-corrected chi connectivity index (χ4v) is 2.29. The molecule has 0 radical (unpaired) electrons. The van der Waals surface area contributed by atoms with E-state index in [1.807, 2.05) is 29.1 Å². The molecule has 1 heterocycles. The van der Waals surface area contributed by atoms with Gasteiger partial charge in [-0.3, -0.25) is 4.68 Å². The number of aliphatic hydroxyl groups is 1. The molecule has 4 heteroatoms. The lowest BCUT2D eigenvalue weighted by molar-refractivity contribution is 0.207. The van der Waals surface area contributed by atoms with E-state index >= 15 is 0 Å². The lowest BCUT2D eigenvalue weighted by Gasteiger charge is -2.23. The zero-order valence-corrected chi connectivity index (χ0v) is 12.9.